The molecule has 11 nitrogen and oxygen atoms in total. The standard InChI is InChI=1S/C27H34FN9O2/c28-19-15-31-25-23(24(29)33-37(25)17-19)26(38)32-21-3-8-30-16-22(21)35-11-4-18(5-12-35)27(39)36-13-6-20(7-14-36)34-9-1-2-10-34/h3,8,15-18,20H,1-2,4-7,9-14H2,(H2,29,33)(H,30,32,38). The third-order valence-corrected chi connectivity index (χ3v) is 8.36. The van der Waals surface area contributed by atoms with Gasteiger partial charge < -0.3 is 25.8 Å². The molecule has 0 spiro atoms. The van der Waals surface area contributed by atoms with Crippen molar-refractivity contribution in [2.75, 3.05) is 55.2 Å². The summed E-state index contributed by atoms with van der Waals surface area (Å²) in [7, 11) is 0. The third-order valence-electron chi connectivity index (χ3n) is 8.36. The number of nitrogens with two attached hydrogens (primary N) is 1. The highest BCUT2D eigenvalue weighted by molar-refractivity contribution is 6.12. The Balaban J connectivity index is 1.08. The summed E-state index contributed by atoms with van der Waals surface area (Å²) in [6.07, 6.45) is 11.7. The van der Waals surface area contributed by atoms with Crippen LogP contribution >= 0.6 is 0 Å². The van der Waals surface area contributed by atoms with E-state index in [9.17, 15) is 14.0 Å². The molecule has 3 aliphatic heterocycles. The fourth-order valence-electron chi connectivity index (χ4n) is 6.26. The lowest BCUT2D eigenvalue weighted by molar-refractivity contribution is -0.137. The highest BCUT2D eigenvalue weighted by atomic mass is 19.1. The van der Waals surface area contributed by atoms with Gasteiger partial charge in [-0.05, 0) is 57.7 Å². The quantitative estimate of drug-likeness (QED) is 0.510. The molecular formula is C27H34FN9O2. The number of pyridine rings is 1. The second kappa shape index (κ2) is 10.8. The highest BCUT2D eigenvalue weighted by Gasteiger charge is 2.33. The molecule has 39 heavy (non-hydrogen) atoms. The number of fused-ring (bicyclic) bond motifs is 1. The van der Waals surface area contributed by atoms with E-state index < -0.39 is 11.7 Å². The number of amides is 2. The van der Waals surface area contributed by atoms with Crippen LogP contribution in [0.5, 0.6) is 0 Å². The molecule has 3 aromatic rings. The topological polar surface area (TPSA) is 125 Å². The number of hydrogen-bond donors (Lipinski definition) is 2. The lowest BCUT2D eigenvalue weighted by atomic mass is 9.93. The van der Waals surface area contributed by atoms with Crippen LogP contribution in [0.2, 0.25) is 0 Å². The fraction of sp³-hybridized carbons (Fsp3) is 0.519. The van der Waals surface area contributed by atoms with Gasteiger partial charge >= 0.3 is 0 Å². The number of hydrogen-bond acceptors (Lipinski definition) is 8. The van der Waals surface area contributed by atoms with Gasteiger partial charge in [-0.25, -0.2) is 13.9 Å². The van der Waals surface area contributed by atoms with E-state index in [1.54, 1.807) is 18.5 Å². The predicted molar refractivity (Wildman–Crippen MR) is 145 cm³/mol. The molecule has 3 saturated heterocycles. The molecule has 0 aliphatic carbocycles. The van der Waals surface area contributed by atoms with Gasteiger partial charge in [0.2, 0.25) is 5.91 Å². The van der Waals surface area contributed by atoms with Gasteiger partial charge in [0.1, 0.15) is 5.56 Å². The van der Waals surface area contributed by atoms with E-state index in [1.165, 1.54) is 25.9 Å². The average Bonchev–Trinajstić information content (AvgIpc) is 3.60. The first kappa shape index (κ1) is 25.5. The van der Waals surface area contributed by atoms with Crippen molar-refractivity contribution in [2.45, 2.75) is 44.6 Å². The number of likely N-dealkylation sites (tertiary alicyclic amines) is 2. The van der Waals surface area contributed by atoms with Crippen molar-refractivity contribution >= 4 is 34.7 Å². The molecule has 0 atom stereocenters. The van der Waals surface area contributed by atoms with E-state index in [1.807, 2.05) is 0 Å². The lowest BCUT2D eigenvalue weighted by Gasteiger charge is -2.40. The number of nitrogens with one attached hydrogen (secondary N) is 1. The van der Waals surface area contributed by atoms with Gasteiger partial charge in [-0.15, -0.1) is 5.10 Å². The largest absolute Gasteiger partial charge is 0.381 e. The van der Waals surface area contributed by atoms with Crippen molar-refractivity contribution in [3.05, 3.63) is 42.2 Å². The normalized spacial score (nSPS) is 19.6. The summed E-state index contributed by atoms with van der Waals surface area (Å²) in [5, 5.41) is 6.91. The number of nitrogens with zero attached hydrogens (tertiary/aromatic N) is 7. The zero-order valence-electron chi connectivity index (χ0n) is 21.9. The molecule has 2 amide bonds. The Labute approximate surface area is 226 Å². The van der Waals surface area contributed by atoms with Gasteiger partial charge in [0.15, 0.2) is 17.3 Å². The number of piperidine rings is 2. The summed E-state index contributed by atoms with van der Waals surface area (Å²) in [6.45, 7) is 5.50. The van der Waals surface area contributed by atoms with Crippen molar-refractivity contribution in [3.63, 3.8) is 0 Å². The second-order valence-corrected chi connectivity index (χ2v) is 10.7. The highest BCUT2D eigenvalue weighted by Crippen LogP contribution is 2.31. The van der Waals surface area contributed by atoms with E-state index in [2.05, 4.69) is 35.1 Å². The van der Waals surface area contributed by atoms with E-state index >= 15 is 0 Å². The van der Waals surface area contributed by atoms with Gasteiger partial charge in [0, 0.05) is 44.3 Å². The number of carbonyl (C=O) groups excluding carboxylic acids is 2. The Morgan fingerprint density at radius 3 is 2.49 bits per heavy atom. The van der Waals surface area contributed by atoms with Crippen LogP contribution in [0.1, 0.15) is 48.9 Å². The number of rotatable bonds is 5. The van der Waals surface area contributed by atoms with Gasteiger partial charge in [0.25, 0.3) is 5.91 Å². The molecule has 3 N–H and O–H groups in total. The van der Waals surface area contributed by atoms with Crippen molar-refractivity contribution in [3.8, 4) is 0 Å². The molecule has 0 bridgehead atoms. The molecule has 6 heterocycles. The van der Waals surface area contributed by atoms with Crippen LogP contribution in [0.15, 0.2) is 30.9 Å². The monoisotopic (exact) mass is 535 g/mol. The molecule has 0 unspecified atom stereocenters. The Bertz CT molecular complexity index is 1360. The first-order chi connectivity index (χ1) is 19.0. The molecule has 6 rings (SSSR count). The van der Waals surface area contributed by atoms with Crippen molar-refractivity contribution < 1.29 is 14.0 Å². The molecule has 0 aromatic carbocycles. The van der Waals surface area contributed by atoms with Gasteiger partial charge in [-0.2, -0.15) is 0 Å². The number of aromatic nitrogens is 4. The van der Waals surface area contributed by atoms with Crippen molar-refractivity contribution in [1.82, 2.24) is 29.4 Å². The minimum Gasteiger partial charge on any atom is -0.381 e. The maximum Gasteiger partial charge on any atom is 0.263 e. The smallest absolute Gasteiger partial charge is 0.263 e. The third kappa shape index (κ3) is 5.12. The number of anilines is 3. The van der Waals surface area contributed by atoms with Gasteiger partial charge in [-0.1, -0.05) is 0 Å². The number of carbonyl (C=O) groups is 2. The van der Waals surface area contributed by atoms with E-state index in [0.717, 1.165) is 61.4 Å². The number of halogens is 1. The van der Waals surface area contributed by atoms with Gasteiger partial charge in [0.05, 0.1) is 30.0 Å². The minimum atomic E-state index is -0.582. The van der Waals surface area contributed by atoms with Crippen LogP contribution in [0.4, 0.5) is 21.6 Å². The Morgan fingerprint density at radius 1 is 1.00 bits per heavy atom. The Hall–Kier alpha value is -3.80. The molecule has 3 fully saturated rings. The molecule has 0 saturated carbocycles. The zero-order chi connectivity index (χ0) is 26.9. The lowest BCUT2D eigenvalue weighted by Crippen LogP contribution is -2.49. The van der Waals surface area contributed by atoms with Crippen LogP contribution in [0.25, 0.3) is 5.65 Å². The summed E-state index contributed by atoms with van der Waals surface area (Å²) in [5.74, 6) is -0.811. The van der Waals surface area contributed by atoms with Crippen molar-refractivity contribution in [2.24, 2.45) is 5.92 Å². The summed E-state index contributed by atoms with van der Waals surface area (Å²) in [4.78, 5) is 41.6. The number of nitrogen functional groups attached to an aromatic ring is 1. The second-order valence-electron chi connectivity index (χ2n) is 10.7. The van der Waals surface area contributed by atoms with Crippen LogP contribution in [0, 0.1) is 11.7 Å². The summed E-state index contributed by atoms with van der Waals surface area (Å²) >= 11 is 0. The van der Waals surface area contributed by atoms with E-state index in [4.69, 9.17) is 5.73 Å². The van der Waals surface area contributed by atoms with Gasteiger partial charge in [-0.3, -0.25) is 14.6 Å². The maximum absolute atomic E-state index is 13.5. The summed E-state index contributed by atoms with van der Waals surface area (Å²) in [5.41, 5.74) is 7.57. The van der Waals surface area contributed by atoms with Crippen LogP contribution in [-0.4, -0.2) is 86.5 Å². The molecule has 3 aromatic heterocycles. The summed E-state index contributed by atoms with van der Waals surface area (Å²) in [6, 6.07) is 2.36. The Morgan fingerprint density at radius 2 is 1.74 bits per heavy atom. The molecular weight excluding hydrogens is 501 g/mol. The fourth-order valence-corrected chi connectivity index (χ4v) is 6.26. The maximum atomic E-state index is 13.5. The Kier molecular flexibility index (Phi) is 7.03. The van der Waals surface area contributed by atoms with E-state index in [0.29, 0.717) is 24.8 Å². The molecule has 0 radical (unpaired) electrons. The SMILES string of the molecule is Nc1nn2cc(F)cnc2c1C(=O)Nc1ccncc1N1CCC(C(=O)N2CCC(N3CCCC3)CC2)CC1. The van der Waals surface area contributed by atoms with Crippen LogP contribution < -0.4 is 16.0 Å². The summed E-state index contributed by atoms with van der Waals surface area (Å²) < 4.78 is 14.7. The zero-order valence-corrected chi connectivity index (χ0v) is 21.9. The van der Waals surface area contributed by atoms with Crippen LogP contribution in [-0.2, 0) is 4.79 Å². The molecule has 12 heteroatoms. The average molecular weight is 536 g/mol. The first-order valence-corrected chi connectivity index (χ1v) is 13.8. The molecule has 206 valence electrons. The molecule has 3 aliphatic rings. The van der Waals surface area contributed by atoms with Crippen molar-refractivity contribution in [1.29, 1.82) is 0 Å². The van der Waals surface area contributed by atoms with Crippen LogP contribution in [0.3, 0.4) is 0 Å². The minimum absolute atomic E-state index is 0.0179. The first-order valence-electron chi connectivity index (χ1n) is 13.8. The van der Waals surface area contributed by atoms with E-state index in [-0.39, 0.29) is 28.9 Å². The predicted octanol–water partition coefficient (Wildman–Crippen LogP) is 2.40.